The summed E-state index contributed by atoms with van der Waals surface area (Å²) in [4.78, 5) is 14.0. The molecule has 2 unspecified atom stereocenters. The number of nitrogens with zero attached hydrogens (tertiary/aromatic N) is 1. The molecule has 0 N–H and O–H groups in total. The van der Waals surface area contributed by atoms with Gasteiger partial charge >= 0.3 is 0 Å². The summed E-state index contributed by atoms with van der Waals surface area (Å²) in [6.45, 7) is 1.23. The molecular weight excluding hydrogens is 430 g/mol. The Morgan fingerprint density at radius 1 is 1.10 bits per heavy atom. The van der Waals surface area contributed by atoms with E-state index in [0.717, 1.165) is 9.20 Å². The number of allylic oxidation sites excluding steroid dienone is 2. The third kappa shape index (κ3) is 4.63. The molecule has 1 aromatic carbocycles. The van der Waals surface area contributed by atoms with E-state index >= 15 is 0 Å². The number of rotatable bonds is 11. The third-order valence-corrected chi connectivity index (χ3v) is 7.77. The predicted molar refractivity (Wildman–Crippen MR) is 112 cm³/mol. The molecule has 1 saturated heterocycles. The normalized spacial score (nSPS) is 24.7. The summed E-state index contributed by atoms with van der Waals surface area (Å²) in [6, 6.07) is 9.30. The Morgan fingerprint density at radius 3 is 2.53 bits per heavy atom. The second kappa shape index (κ2) is 10.1. The van der Waals surface area contributed by atoms with Gasteiger partial charge in [-0.3, -0.25) is 4.79 Å². The van der Waals surface area contributed by atoms with Crippen LogP contribution in [0.2, 0.25) is 0 Å². The minimum atomic E-state index is -3.97. The van der Waals surface area contributed by atoms with Crippen molar-refractivity contribution in [3.63, 3.8) is 0 Å². The zero-order valence-corrected chi connectivity index (χ0v) is 18.5. The molecule has 164 valence electrons. The van der Waals surface area contributed by atoms with Crippen LogP contribution in [0, 0.1) is 5.92 Å². The number of methoxy groups -OCH3 is 2. The van der Waals surface area contributed by atoms with Crippen molar-refractivity contribution in [2.24, 2.45) is 5.92 Å². The molecule has 0 spiro atoms. The van der Waals surface area contributed by atoms with Gasteiger partial charge in [-0.1, -0.05) is 24.3 Å². The monoisotopic (exact) mass is 455 g/mol. The van der Waals surface area contributed by atoms with E-state index in [0.29, 0.717) is 13.2 Å². The van der Waals surface area contributed by atoms with Gasteiger partial charge in [-0.25, -0.2) is 12.7 Å². The van der Waals surface area contributed by atoms with Crippen LogP contribution >= 0.6 is 11.8 Å². The lowest BCUT2D eigenvalue weighted by molar-refractivity contribution is -0.217. The smallest absolute Gasteiger partial charge is 0.264 e. The fourth-order valence-corrected chi connectivity index (χ4v) is 6.12. The number of sulfonamides is 1. The summed E-state index contributed by atoms with van der Waals surface area (Å²) in [6.07, 6.45) is 4.54. The summed E-state index contributed by atoms with van der Waals surface area (Å²) in [5, 5.41) is 0. The minimum absolute atomic E-state index is 0.0224. The maximum atomic E-state index is 13.2. The SMILES string of the molecule is COCCOCCOC1(OC)C=CC=C2C1C(=O)N(CSc1ccccc1)S2(=O)=O. The van der Waals surface area contributed by atoms with Gasteiger partial charge < -0.3 is 18.9 Å². The lowest BCUT2D eigenvalue weighted by Gasteiger charge is -2.35. The number of fused-ring (bicyclic) bond motifs is 1. The van der Waals surface area contributed by atoms with E-state index in [9.17, 15) is 13.2 Å². The highest BCUT2D eigenvalue weighted by molar-refractivity contribution is 8.00. The maximum absolute atomic E-state index is 13.2. The number of carbonyl (C=O) groups excluding carboxylic acids is 1. The van der Waals surface area contributed by atoms with E-state index in [1.165, 1.54) is 24.9 Å². The van der Waals surface area contributed by atoms with E-state index in [-0.39, 0.29) is 24.0 Å². The third-order valence-electron chi connectivity index (χ3n) is 4.75. The predicted octanol–water partition coefficient (Wildman–Crippen LogP) is 2.00. The van der Waals surface area contributed by atoms with Gasteiger partial charge in [0.1, 0.15) is 5.92 Å². The van der Waals surface area contributed by atoms with Gasteiger partial charge in [0.15, 0.2) is 0 Å². The molecule has 30 heavy (non-hydrogen) atoms. The van der Waals surface area contributed by atoms with Crippen molar-refractivity contribution in [1.82, 2.24) is 4.31 Å². The zero-order chi connectivity index (χ0) is 21.6. The van der Waals surface area contributed by atoms with Gasteiger partial charge in [-0.2, -0.15) is 0 Å². The maximum Gasteiger partial charge on any atom is 0.264 e. The number of hydrogen-bond acceptors (Lipinski definition) is 8. The van der Waals surface area contributed by atoms with Crippen LogP contribution in [0.1, 0.15) is 0 Å². The highest BCUT2D eigenvalue weighted by atomic mass is 32.2. The molecule has 10 heteroatoms. The Kier molecular flexibility index (Phi) is 7.72. The summed E-state index contributed by atoms with van der Waals surface area (Å²) in [5.74, 6) is -3.21. The van der Waals surface area contributed by atoms with E-state index in [2.05, 4.69) is 0 Å². The van der Waals surface area contributed by atoms with E-state index in [1.54, 1.807) is 19.3 Å². The summed E-state index contributed by atoms with van der Waals surface area (Å²) in [7, 11) is -0.999. The first-order valence-electron chi connectivity index (χ1n) is 9.36. The van der Waals surface area contributed by atoms with Crippen molar-refractivity contribution in [3.8, 4) is 0 Å². The first-order chi connectivity index (χ1) is 14.5. The standard InChI is InChI=1S/C20H25NO7S2/c1-25-11-12-27-13-14-28-20(26-2)10-6-9-17-18(20)19(22)21(30(17,23)24)15-29-16-7-4-3-5-8-16/h3-10,18H,11-15H2,1-2H3. The minimum Gasteiger partial charge on any atom is -0.382 e. The van der Waals surface area contributed by atoms with Gasteiger partial charge in [0.05, 0.1) is 37.2 Å². The molecule has 1 heterocycles. The quantitative estimate of drug-likeness (QED) is 0.284. The molecule has 8 nitrogen and oxygen atoms in total. The van der Waals surface area contributed by atoms with Crippen LogP contribution in [0.25, 0.3) is 0 Å². The molecule has 2 atom stereocenters. The van der Waals surface area contributed by atoms with Crippen molar-refractivity contribution in [1.29, 1.82) is 0 Å². The second-order valence-corrected chi connectivity index (χ2v) is 9.40. The number of carbonyl (C=O) groups is 1. The van der Waals surface area contributed by atoms with Crippen molar-refractivity contribution in [3.05, 3.63) is 53.5 Å². The van der Waals surface area contributed by atoms with Gasteiger partial charge in [0.2, 0.25) is 5.79 Å². The van der Waals surface area contributed by atoms with Gasteiger partial charge in [0, 0.05) is 19.1 Å². The molecule has 0 bridgehead atoms. The number of hydrogen-bond donors (Lipinski definition) is 0. The van der Waals surface area contributed by atoms with Crippen LogP contribution < -0.4 is 0 Å². The molecule has 2 aliphatic rings. The highest BCUT2D eigenvalue weighted by Crippen LogP contribution is 2.45. The Hall–Kier alpha value is -1.69. The topological polar surface area (TPSA) is 91.4 Å². The van der Waals surface area contributed by atoms with Crippen LogP contribution in [0.3, 0.4) is 0 Å². The molecule has 1 aromatic rings. The molecule has 1 amide bonds. The second-order valence-electron chi connectivity index (χ2n) is 6.52. The first-order valence-corrected chi connectivity index (χ1v) is 11.8. The zero-order valence-electron chi connectivity index (χ0n) is 16.9. The average molecular weight is 456 g/mol. The van der Waals surface area contributed by atoms with Gasteiger partial charge in [-0.05, 0) is 24.3 Å². The Balaban J connectivity index is 1.74. The van der Waals surface area contributed by atoms with Crippen LogP contribution in [0.5, 0.6) is 0 Å². The molecular formula is C20H25NO7S2. The molecule has 0 radical (unpaired) electrons. The van der Waals surface area contributed by atoms with Crippen molar-refractivity contribution in [2.45, 2.75) is 10.7 Å². The van der Waals surface area contributed by atoms with Crippen LogP contribution in [0.15, 0.2) is 58.4 Å². The highest BCUT2D eigenvalue weighted by Gasteiger charge is 2.59. The Morgan fingerprint density at radius 2 is 1.83 bits per heavy atom. The first kappa shape index (κ1) is 23.0. The van der Waals surface area contributed by atoms with Crippen molar-refractivity contribution >= 4 is 27.7 Å². The number of ether oxygens (including phenoxy) is 4. The van der Waals surface area contributed by atoms with Gasteiger partial charge in [0.25, 0.3) is 15.9 Å². The van der Waals surface area contributed by atoms with Crippen LogP contribution in [-0.2, 0) is 33.8 Å². The van der Waals surface area contributed by atoms with Gasteiger partial charge in [-0.15, -0.1) is 11.8 Å². The van der Waals surface area contributed by atoms with Crippen molar-refractivity contribution in [2.75, 3.05) is 46.5 Å². The Labute approximate surface area is 180 Å². The lowest BCUT2D eigenvalue weighted by Crippen LogP contribution is -2.47. The fraction of sp³-hybridized carbons (Fsp3) is 0.450. The number of amides is 1. The molecule has 1 fully saturated rings. The number of benzene rings is 1. The Bertz CT molecular complexity index is 901. The average Bonchev–Trinajstić information content (AvgIpc) is 2.96. The molecule has 3 rings (SSSR count). The molecule has 1 aliphatic heterocycles. The van der Waals surface area contributed by atoms with Crippen LogP contribution in [-0.4, -0.2) is 70.9 Å². The summed E-state index contributed by atoms with van der Waals surface area (Å²) in [5.41, 5.74) is 0. The van der Waals surface area contributed by atoms with E-state index in [1.807, 2.05) is 30.3 Å². The molecule has 0 saturated carbocycles. The molecule has 0 aromatic heterocycles. The van der Waals surface area contributed by atoms with E-state index in [4.69, 9.17) is 18.9 Å². The van der Waals surface area contributed by atoms with E-state index < -0.39 is 27.6 Å². The largest absolute Gasteiger partial charge is 0.382 e. The van der Waals surface area contributed by atoms with Crippen molar-refractivity contribution < 1.29 is 32.2 Å². The number of thioether (sulfide) groups is 1. The van der Waals surface area contributed by atoms with Crippen LogP contribution in [0.4, 0.5) is 0 Å². The lowest BCUT2D eigenvalue weighted by atomic mass is 9.92. The summed E-state index contributed by atoms with van der Waals surface area (Å²) >= 11 is 1.27. The summed E-state index contributed by atoms with van der Waals surface area (Å²) < 4.78 is 48.7. The molecule has 1 aliphatic carbocycles. The fourth-order valence-electron chi connectivity index (χ4n) is 3.25.